The van der Waals surface area contributed by atoms with Crippen LogP contribution in [-0.2, 0) is 19.2 Å². The summed E-state index contributed by atoms with van der Waals surface area (Å²) in [6.07, 6.45) is 3.60. The number of halogens is 1. The largest absolute Gasteiger partial charge is 0.469 e. The molecule has 0 fully saturated rings. The molecule has 12 heteroatoms. The molecule has 3 aromatic rings. The van der Waals surface area contributed by atoms with Crippen LogP contribution >= 0.6 is 0 Å². The van der Waals surface area contributed by atoms with Crippen LogP contribution in [0.4, 0.5) is 26.4 Å². The number of nitrogens with one attached hydrogen (secondary N) is 3. The highest BCUT2D eigenvalue weighted by molar-refractivity contribution is 7.99. The topological polar surface area (TPSA) is 153 Å². The van der Waals surface area contributed by atoms with Crippen molar-refractivity contribution >= 4 is 50.2 Å². The van der Waals surface area contributed by atoms with Gasteiger partial charge in [-0.1, -0.05) is 24.0 Å². The summed E-state index contributed by atoms with van der Waals surface area (Å²) in [4.78, 5) is 40.3. The summed E-state index contributed by atoms with van der Waals surface area (Å²) in [5.41, 5.74) is 8.12. The van der Waals surface area contributed by atoms with Gasteiger partial charge in [0.2, 0.25) is 0 Å². The van der Waals surface area contributed by atoms with E-state index in [-0.39, 0.29) is 35.0 Å². The molecule has 0 radical (unpaired) electrons. The van der Waals surface area contributed by atoms with Crippen molar-refractivity contribution in [3.05, 3.63) is 82.8 Å². The highest BCUT2D eigenvalue weighted by Crippen LogP contribution is 2.17. The summed E-state index contributed by atoms with van der Waals surface area (Å²) >= 11 is 0. The van der Waals surface area contributed by atoms with Crippen molar-refractivity contribution in [3.63, 3.8) is 0 Å². The van der Waals surface area contributed by atoms with E-state index in [1.54, 1.807) is 37.3 Å². The van der Waals surface area contributed by atoms with Crippen molar-refractivity contribution in [1.82, 2.24) is 9.71 Å². The number of aryl methyl sites for hydroxylation is 1. The van der Waals surface area contributed by atoms with Gasteiger partial charge in [0.15, 0.2) is 0 Å². The van der Waals surface area contributed by atoms with Gasteiger partial charge >= 0.3 is 12.0 Å². The summed E-state index contributed by atoms with van der Waals surface area (Å²) in [7, 11) is -1.54. The first-order valence-corrected chi connectivity index (χ1v) is 14.4. The highest BCUT2D eigenvalue weighted by Gasteiger charge is 2.12. The van der Waals surface area contributed by atoms with Crippen LogP contribution in [0.1, 0.15) is 46.3 Å². The number of esters is 1. The quantitative estimate of drug-likeness (QED) is 0.137. The number of amides is 3. The fraction of sp³-hybridized carbons (Fsp3) is 0.207. The number of benzene rings is 2. The second kappa shape index (κ2) is 14.0. The Morgan fingerprint density at radius 1 is 1.12 bits per heavy atom. The number of pyridine rings is 1. The highest BCUT2D eigenvalue weighted by atomic mass is 32.2. The first-order valence-electron chi connectivity index (χ1n) is 12.4. The Kier molecular flexibility index (Phi) is 10.4. The smallest absolute Gasteiger partial charge is 0.323 e. The number of unbranched alkanes of at least 4 members (excludes halogenated alkanes) is 1. The lowest BCUT2D eigenvalue weighted by Crippen LogP contribution is -2.31. The number of urea groups is 1. The molecule has 0 aliphatic carbocycles. The van der Waals surface area contributed by atoms with Crippen molar-refractivity contribution in [1.29, 1.82) is 0 Å². The minimum Gasteiger partial charge on any atom is -0.469 e. The zero-order valence-corrected chi connectivity index (χ0v) is 23.6. The molecule has 0 aliphatic rings. The van der Waals surface area contributed by atoms with Crippen LogP contribution in [0.25, 0.3) is 0 Å². The Hall–Kier alpha value is -4.89. The van der Waals surface area contributed by atoms with E-state index in [0.29, 0.717) is 24.1 Å². The molecule has 0 saturated heterocycles. The van der Waals surface area contributed by atoms with E-state index < -0.39 is 27.5 Å². The minimum absolute atomic E-state index is 0.0562. The first-order chi connectivity index (χ1) is 19.5. The maximum absolute atomic E-state index is 14.0. The molecule has 0 bridgehead atoms. The van der Waals surface area contributed by atoms with E-state index in [9.17, 15) is 23.0 Å². The fourth-order valence-electron chi connectivity index (χ4n) is 3.47. The lowest BCUT2D eigenvalue weighted by atomic mass is 10.1. The van der Waals surface area contributed by atoms with Gasteiger partial charge in [-0.15, -0.1) is 0 Å². The van der Waals surface area contributed by atoms with Crippen molar-refractivity contribution in [2.24, 2.45) is 0 Å². The maximum Gasteiger partial charge on any atom is 0.323 e. The van der Waals surface area contributed by atoms with Crippen LogP contribution < -0.4 is 21.1 Å². The predicted molar refractivity (Wildman–Crippen MR) is 158 cm³/mol. The number of anilines is 3. The minimum atomic E-state index is -2.83. The summed E-state index contributed by atoms with van der Waals surface area (Å²) in [6.45, 7) is 1.79. The molecule has 41 heavy (non-hydrogen) atoms. The van der Waals surface area contributed by atoms with Gasteiger partial charge in [-0.25, -0.2) is 18.4 Å². The second-order valence-electron chi connectivity index (χ2n) is 9.02. The Morgan fingerprint density at radius 3 is 2.66 bits per heavy atom. The van der Waals surface area contributed by atoms with Crippen LogP contribution in [0.3, 0.4) is 0 Å². The summed E-state index contributed by atoms with van der Waals surface area (Å²) < 4.78 is 33.7. The number of carbonyl (C=O) groups is 3. The molecule has 1 aromatic heterocycles. The van der Waals surface area contributed by atoms with Gasteiger partial charge in [-0.2, -0.15) is 0 Å². The van der Waals surface area contributed by atoms with Crippen molar-refractivity contribution < 1.29 is 27.7 Å². The van der Waals surface area contributed by atoms with Crippen LogP contribution in [-0.4, -0.2) is 45.8 Å². The molecule has 1 unspecified atom stereocenters. The number of hydrogen-bond donors (Lipinski definition) is 4. The summed E-state index contributed by atoms with van der Waals surface area (Å²) in [6, 6.07) is 11.8. The Bertz CT molecular complexity index is 1650. The van der Waals surface area contributed by atoms with E-state index in [4.69, 9.17) is 5.73 Å². The van der Waals surface area contributed by atoms with Crippen molar-refractivity contribution in [2.75, 3.05) is 29.7 Å². The molecule has 5 N–H and O–H groups in total. The van der Waals surface area contributed by atoms with E-state index in [1.807, 2.05) is 0 Å². The zero-order chi connectivity index (χ0) is 30.0. The third kappa shape index (κ3) is 9.66. The zero-order valence-electron chi connectivity index (χ0n) is 22.7. The number of nitrogens with two attached hydrogens (primary N) is 1. The average molecular weight is 580 g/mol. The van der Waals surface area contributed by atoms with E-state index >= 15 is 0 Å². The molecule has 3 amide bonds. The summed E-state index contributed by atoms with van der Waals surface area (Å²) in [5.74, 6) is 4.32. The van der Waals surface area contributed by atoms with E-state index in [2.05, 4.69) is 36.9 Å². The van der Waals surface area contributed by atoms with Gasteiger partial charge in [0.25, 0.3) is 5.91 Å². The molecule has 3 rings (SSSR count). The van der Waals surface area contributed by atoms with E-state index in [0.717, 1.165) is 5.56 Å². The standard InChI is InChI=1S/C29H30FN5O5S/c1-19-10-13-24(30)25(15-19)34-29(38)33-23-8-6-7-20(16-23)11-12-21-17-22(18-32-27(21)31)28(37)35-41(3,39)14-5-4-9-26(36)40-2/h6-8,10,13-18H,4-5,9H2,1-3H3,(H2,31,32)(H2,33,34,38)(H,35,37,39). The van der Waals surface area contributed by atoms with Crippen LogP contribution in [0.2, 0.25) is 0 Å². The number of aromatic nitrogens is 1. The number of carbonyl (C=O) groups excluding carboxylic acids is 3. The molecule has 0 saturated carbocycles. The molecule has 214 valence electrons. The molecule has 0 spiro atoms. The number of ether oxygens (including phenoxy) is 1. The number of methoxy groups -OCH3 is 1. The van der Waals surface area contributed by atoms with Gasteiger partial charge in [0.05, 0.1) is 23.9 Å². The molecule has 1 heterocycles. The Balaban J connectivity index is 1.69. The summed E-state index contributed by atoms with van der Waals surface area (Å²) in [5, 5.41) is 6.56. The van der Waals surface area contributed by atoms with Crippen LogP contribution in [0.15, 0.2) is 54.7 Å². The third-order valence-corrected chi connectivity index (χ3v) is 7.02. The lowest BCUT2D eigenvalue weighted by molar-refractivity contribution is -0.140. The van der Waals surface area contributed by atoms with Crippen molar-refractivity contribution in [2.45, 2.75) is 26.2 Å². The number of nitrogens with zero attached hydrogens (tertiary/aromatic N) is 1. The van der Waals surface area contributed by atoms with Crippen molar-refractivity contribution in [3.8, 4) is 11.8 Å². The molecule has 10 nitrogen and oxygen atoms in total. The van der Waals surface area contributed by atoms with Gasteiger partial charge in [-0.05, 0) is 67.1 Å². The fourth-order valence-corrected chi connectivity index (χ4v) is 4.66. The maximum atomic E-state index is 14.0. The monoisotopic (exact) mass is 579 g/mol. The Morgan fingerprint density at radius 2 is 1.90 bits per heavy atom. The first kappa shape index (κ1) is 30.6. The lowest BCUT2D eigenvalue weighted by Gasteiger charge is -2.09. The molecular weight excluding hydrogens is 549 g/mol. The molecule has 2 aromatic carbocycles. The molecule has 1 atom stereocenters. The second-order valence-corrected chi connectivity index (χ2v) is 11.4. The predicted octanol–water partition coefficient (Wildman–Crippen LogP) is 3.86. The molecule has 0 aliphatic heterocycles. The van der Waals surface area contributed by atoms with Crippen LogP contribution in [0, 0.1) is 24.6 Å². The van der Waals surface area contributed by atoms with Gasteiger partial charge in [0.1, 0.15) is 11.6 Å². The number of nitrogen functional groups attached to an aromatic ring is 1. The number of rotatable bonds is 8. The third-order valence-electron chi connectivity index (χ3n) is 5.56. The molecular formula is C29H30FN5O5S. The van der Waals surface area contributed by atoms with Crippen LogP contribution in [0.5, 0.6) is 0 Å². The average Bonchev–Trinajstić information content (AvgIpc) is 2.92. The SMILES string of the molecule is COC(=O)CCCC=S(C)(=O)NC(=O)c1cnc(N)c(C#Cc2cccc(NC(=O)Nc3cc(C)ccc3F)c2)c1. The van der Waals surface area contributed by atoms with E-state index in [1.165, 1.54) is 43.1 Å². The number of hydrogen-bond acceptors (Lipinski definition) is 7. The Labute approximate surface area is 238 Å². The van der Waals surface area contributed by atoms with Gasteiger partial charge < -0.3 is 21.1 Å². The normalized spacial score (nSPS) is 11.7. The van der Waals surface area contributed by atoms with Gasteiger partial charge in [-0.3, -0.25) is 14.3 Å². The van der Waals surface area contributed by atoms with Gasteiger partial charge in [0, 0.05) is 39.8 Å².